The van der Waals surface area contributed by atoms with Gasteiger partial charge in [-0.2, -0.15) is 0 Å². The van der Waals surface area contributed by atoms with Crippen molar-refractivity contribution in [3.63, 3.8) is 0 Å². The first-order valence-corrected chi connectivity index (χ1v) is 2.15. The summed E-state index contributed by atoms with van der Waals surface area (Å²) in [7, 11) is 0. The number of terminal acetylenes is 1. The summed E-state index contributed by atoms with van der Waals surface area (Å²) in [4.78, 5) is 0. The maximum absolute atomic E-state index is 5.06. The Hall–Kier alpha value is -0.610. The summed E-state index contributed by atoms with van der Waals surface area (Å²) in [5.74, 6) is 2.27. The second-order valence-corrected chi connectivity index (χ2v) is 1.03. The third-order valence-electron chi connectivity index (χ3n) is 0.314. The average molecular weight is 117 g/mol. The molecule has 0 aromatic carbocycles. The van der Waals surface area contributed by atoms with Gasteiger partial charge in [0.1, 0.15) is 6.61 Å². The fourth-order valence-corrected chi connectivity index (χ4v) is 0.205. The van der Waals surface area contributed by atoms with Crippen LogP contribution in [0.2, 0.25) is 0 Å². The Morgan fingerprint density at radius 1 is 1.86 bits per heavy atom. The fourth-order valence-electron chi connectivity index (χ4n) is 0.133. The molecule has 0 fully saturated rings. The molecule has 0 aliphatic carbocycles. The summed E-state index contributed by atoms with van der Waals surface area (Å²) >= 11 is 5.06. The van der Waals surface area contributed by atoms with Crippen molar-refractivity contribution in [1.82, 2.24) is 0 Å². The van der Waals surface area contributed by atoms with Gasteiger partial charge in [-0.25, -0.2) is 0 Å². The van der Waals surface area contributed by atoms with Crippen molar-refractivity contribution in [1.29, 1.82) is 0 Å². The predicted octanol–water partition coefficient (Wildman–Crippen LogP) is 1.35. The minimum absolute atomic E-state index is 0.281. The van der Waals surface area contributed by atoms with Crippen molar-refractivity contribution in [3.8, 4) is 12.3 Å². The van der Waals surface area contributed by atoms with Crippen LogP contribution in [0.25, 0.3) is 0 Å². The minimum Gasteiger partial charge on any atom is -0.488 e. The summed E-state index contributed by atoms with van der Waals surface area (Å²) in [5.41, 5.74) is 1.26. The van der Waals surface area contributed by atoms with Crippen molar-refractivity contribution < 1.29 is 4.74 Å². The second kappa shape index (κ2) is 5.39. The van der Waals surface area contributed by atoms with Crippen LogP contribution >= 0.6 is 11.6 Å². The van der Waals surface area contributed by atoms with Crippen molar-refractivity contribution in [2.45, 2.75) is 0 Å². The molecule has 0 rings (SSSR count). The minimum atomic E-state index is 0.281. The average Bonchev–Trinajstić information content (AvgIpc) is 1.69. The summed E-state index contributed by atoms with van der Waals surface area (Å²) in [6.45, 7) is 0.281. The van der Waals surface area contributed by atoms with Crippen LogP contribution in [0.4, 0.5) is 0 Å². The van der Waals surface area contributed by atoms with E-state index in [1.165, 1.54) is 11.8 Å². The fraction of sp³-hybridized carbons (Fsp3) is 0.200. The first-order valence-electron chi connectivity index (χ1n) is 1.72. The van der Waals surface area contributed by atoms with E-state index >= 15 is 0 Å². The number of halogens is 1. The first kappa shape index (κ1) is 6.39. The largest absolute Gasteiger partial charge is 0.488 e. The van der Waals surface area contributed by atoms with Gasteiger partial charge in [0.2, 0.25) is 0 Å². The van der Waals surface area contributed by atoms with Gasteiger partial charge in [-0.15, -0.1) is 6.42 Å². The van der Waals surface area contributed by atoms with Crippen molar-refractivity contribution in [3.05, 3.63) is 11.8 Å². The molecule has 7 heavy (non-hydrogen) atoms. The second-order valence-electron chi connectivity index (χ2n) is 0.777. The normalized spacial score (nSPS) is 8.57. The molecular weight excluding hydrogens is 112 g/mol. The van der Waals surface area contributed by atoms with Crippen LogP contribution in [0, 0.1) is 12.3 Å². The smallest absolute Gasteiger partial charge is 0.147 e. The van der Waals surface area contributed by atoms with Gasteiger partial charge >= 0.3 is 0 Å². The van der Waals surface area contributed by atoms with Gasteiger partial charge in [0, 0.05) is 5.54 Å². The summed E-state index contributed by atoms with van der Waals surface area (Å²) in [6, 6.07) is 0. The van der Waals surface area contributed by atoms with E-state index in [1.54, 1.807) is 0 Å². The molecule has 0 unspecified atom stereocenters. The number of hydrogen-bond acceptors (Lipinski definition) is 1. The summed E-state index contributed by atoms with van der Waals surface area (Å²) in [6.07, 6.45) is 6.15. The van der Waals surface area contributed by atoms with Gasteiger partial charge in [-0.3, -0.25) is 0 Å². The van der Waals surface area contributed by atoms with Crippen molar-refractivity contribution in [2.24, 2.45) is 0 Å². The Labute approximate surface area is 47.9 Å². The van der Waals surface area contributed by atoms with Gasteiger partial charge in [-0.1, -0.05) is 17.5 Å². The molecule has 0 heterocycles. The lowest BCUT2D eigenvalue weighted by Gasteiger charge is -1.85. The van der Waals surface area contributed by atoms with E-state index in [0.717, 1.165) is 0 Å². The Morgan fingerprint density at radius 2 is 2.57 bits per heavy atom. The molecule has 0 atom stereocenters. The highest BCUT2D eigenvalue weighted by Crippen LogP contribution is 1.78. The molecule has 38 valence electrons. The third-order valence-corrected chi connectivity index (χ3v) is 0.417. The Morgan fingerprint density at radius 3 is 3.00 bits per heavy atom. The number of hydrogen-bond donors (Lipinski definition) is 0. The summed E-state index contributed by atoms with van der Waals surface area (Å²) in [5, 5.41) is 0. The molecule has 0 aliphatic rings. The maximum Gasteiger partial charge on any atom is 0.147 e. The van der Waals surface area contributed by atoms with E-state index in [4.69, 9.17) is 18.0 Å². The molecule has 0 N–H and O–H groups in total. The standard InChI is InChI=1S/C5H5ClO/c1-2-4-7-5-3-6/h1,3,5H,4H2/b5-3+. The lowest BCUT2D eigenvalue weighted by molar-refractivity contribution is 0.297. The van der Waals surface area contributed by atoms with Crippen molar-refractivity contribution in [2.75, 3.05) is 6.61 Å². The maximum atomic E-state index is 5.06. The molecular formula is C5H5ClO. The Kier molecular flexibility index (Phi) is 4.92. The highest BCUT2D eigenvalue weighted by molar-refractivity contribution is 6.25. The van der Waals surface area contributed by atoms with Gasteiger partial charge < -0.3 is 4.74 Å². The molecule has 0 saturated carbocycles. The third kappa shape index (κ3) is 5.39. The van der Waals surface area contributed by atoms with Crippen LogP contribution in [0.15, 0.2) is 11.8 Å². The summed E-state index contributed by atoms with van der Waals surface area (Å²) < 4.78 is 4.58. The van der Waals surface area contributed by atoms with Crippen LogP contribution in [-0.4, -0.2) is 6.61 Å². The molecule has 0 aliphatic heterocycles. The molecule has 0 amide bonds. The molecule has 0 radical (unpaired) electrons. The number of ether oxygens (including phenoxy) is 1. The van der Waals surface area contributed by atoms with E-state index in [2.05, 4.69) is 10.7 Å². The van der Waals surface area contributed by atoms with E-state index < -0.39 is 0 Å². The van der Waals surface area contributed by atoms with E-state index in [9.17, 15) is 0 Å². The lowest BCUT2D eigenvalue weighted by Crippen LogP contribution is -1.77. The molecule has 0 saturated heterocycles. The van der Waals surface area contributed by atoms with E-state index in [-0.39, 0.29) is 6.61 Å². The van der Waals surface area contributed by atoms with Gasteiger partial charge in [0.05, 0.1) is 6.26 Å². The van der Waals surface area contributed by atoms with Gasteiger partial charge in [0.25, 0.3) is 0 Å². The molecule has 0 aromatic heterocycles. The zero-order valence-electron chi connectivity index (χ0n) is 3.73. The highest BCUT2D eigenvalue weighted by atomic mass is 35.5. The molecule has 0 aromatic rings. The van der Waals surface area contributed by atoms with Crippen molar-refractivity contribution >= 4 is 11.6 Å². The monoisotopic (exact) mass is 116 g/mol. The van der Waals surface area contributed by atoms with Crippen LogP contribution < -0.4 is 0 Å². The van der Waals surface area contributed by atoms with E-state index in [0.29, 0.717) is 0 Å². The lowest BCUT2D eigenvalue weighted by atomic mass is 10.8. The SMILES string of the molecule is C#CCO/C=C/Cl. The molecule has 2 heteroatoms. The first-order chi connectivity index (χ1) is 3.41. The highest BCUT2D eigenvalue weighted by Gasteiger charge is 1.65. The van der Waals surface area contributed by atoms with Crippen LogP contribution in [0.3, 0.4) is 0 Å². The van der Waals surface area contributed by atoms with Crippen LogP contribution in [-0.2, 0) is 4.74 Å². The topological polar surface area (TPSA) is 9.23 Å². The van der Waals surface area contributed by atoms with Crippen LogP contribution in [0.5, 0.6) is 0 Å². The molecule has 1 nitrogen and oxygen atoms in total. The van der Waals surface area contributed by atoms with Gasteiger partial charge in [-0.05, 0) is 0 Å². The number of rotatable bonds is 2. The quantitative estimate of drug-likeness (QED) is 0.301. The van der Waals surface area contributed by atoms with Crippen LogP contribution in [0.1, 0.15) is 0 Å². The molecule has 0 bridgehead atoms. The Balaban J connectivity index is 2.87. The zero-order chi connectivity index (χ0) is 5.54. The zero-order valence-corrected chi connectivity index (χ0v) is 4.48. The molecule has 0 spiro atoms. The van der Waals surface area contributed by atoms with Gasteiger partial charge in [0.15, 0.2) is 0 Å². The predicted molar refractivity (Wildman–Crippen MR) is 29.8 cm³/mol. The Bertz CT molecular complexity index is 90.7. The van der Waals surface area contributed by atoms with E-state index in [1.807, 2.05) is 0 Å².